The fourth-order valence-electron chi connectivity index (χ4n) is 10.7. The molecule has 6 unspecified atom stereocenters. The number of piperazine rings is 1. The van der Waals surface area contributed by atoms with Gasteiger partial charge in [-0.2, -0.15) is 20.2 Å². The number of halogens is 1. The molecule has 2 aliphatic carbocycles. The summed E-state index contributed by atoms with van der Waals surface area (Å²) in [4.78, 5) is 41.5. The number of rotatable bonds is 31. The minimum atomic E-state index is -3.83. The molecule has 5 fully saturated rings. The zero-order chi connectivity index (χ0) is 77.8. The Morgan fingerprint density at radius 2 is 1.26 bits per heavy atom. The molecule has 2 aromatic heterocycles. The number of alkyl halides is 1. The number of unbranched alkanes of at least 4 members (excludes halogenated alkanes) is 5. The van der Waals surface area contributed by atoms with Crippen LogP contribution in [0.3, 0.4) is 0 Å². The highest BCUT2D eigenvalue weighted by atomic mass is 35.5. The van der Waals surface area contributed by atoms with Crippen molar-refractivity contribution in [3.05, 3.63) is 46.4 Å². The van der Waals surface area contributed by atoms with Crippen LogP contribution in [-0.4, -0.2) is 201 Å². The molecule has 580 valence electrons. The van der Waals surface area contributed by atoms with E-state index in [1.165, 1.54) is 32.0 Å². The minimum Gasteiger partial charge on any atom is -0.380 e. The van der Waals surface area contributed by atoms with Gasteiger partial charge < -0.3 is 30.7 Å². The van der Waals surface area contributed by atoms with Crippen LogP contribution in [0.1, 0.15) is 195 Å². The van der Waals surface area contributed by atoms with Crippen molar-refractivity contribution in [3.8, 4) is 94.7 Å². The number of ether oxygens (including phenoxy) is 2. The zero-order valence-corrected chi connectivity index (χ0v) is 66.6. The molecule has 4 amide bonds. The fourth-order valence-corrected chi connectivity index (χ4v) is 12.9. The van der Waals surface area contributed by atoms with Crippen molar-refractivity contribution in [2.24, 2.45) is 28.8 Å². The van der Waals surface area contributed by atoms with Gasteiger partial charge in [0.2, 0.25) is 11.8 Å². The van der Waals surface area contributed by atoms with E-state index in [0.29, 0.717) is 79.5 Å². The largest absolute Gasteiger partial charge is 0.380 e. The van der Waals surface area contributed by atoms with Crippen LogP contribution >= 0.6 is 23.4 Å². The summed E-state index contributed by atoms with van der Waals surface area (Å²) >= 11 is 7.47. The Morgan fingerprint density at radius 3 is 1.81 bits per heavy atom. The first-order valence-electron chi connectivity index (χ1n) is 36.8. The third-order valence-corrected chi connectivity index (χ3v) is 18.7. The molecule has 28 heteroatoms. The molecule has 8 rings (SSSR count). The molecular weight excluding hydrogens is 1400 g/mol. The smallest absolute Gasteiger partial charge is 0.315 e. The zero-order valence-electron chi connectivity index (χ0n) is 64.2. The lowest BCUT2D eigenvalue weighted by Crippen LogP contribution is -2.47. The number of hydrogen-bond donors (Lipinski definition) is 5. The second kappa shape index (κ2) is 66.4. The van der Waals surface area contributed by atoms with Crippen molar-refractivity contribution in [1.82, 2.24) is 71.9 Å². The highest BCUT2D eigenvalue weighted by Gasteiger charge is 2.42. The standard InChI is InChI=1S/C15H23N3O2S.C14H19NO.C11H19ClO.C11H20N2O3S.C8H10N4.C7H8N4.C6H9N3.C6H8O/c1-2-3-6-9-16-13(19)8-5-4-7-12-14-11(10-21-12)17-15(20)18-14;1-2-3-4-7-15-14(16)10-13-9-11-5-6-12(13)8-11;1-2-3-7-10-13-11-8-5-4-6-9-12;1-2-3-4-5-12-6-8-13(9-7-12)10-11-17(14,15)16;1-3-4-5-6-8-11-9-7(2)10-12-8;1-2-3-4-5-7-10-8-6-9-11-7;1-2-3-4-5-6-8-9-7;1-2-3-6-4-7-5-6/h11-12,14H,4-10H2,1H3,(H,16,19)(H2,17,18,20);5-6,11-13H,4,7-10H2,1H3,(H,15,16);4-11H2,1H3;4-11H2,1H3,(H,14,15,16);5-6H2,1-2H3;6H,4-5H2,1H3;4-6H2,1H3;6H,4-5H2,1H3. The van der Waals surface area contributed by atoms with Crippen LogP contribution in [0.25, 0.3) is 10.4 Å². The van der Waals surface area contributed by atoms with E-state index in [-0.39, 0.29) is 35.7 Å². The number of carbonyl (C=O) groups is 3. The van der Waals surface area contributed by atoms with Gasteiger partial charge in [-0.25, -0.2) is 4.79 Å². The van der Waals surface area contributed by atoms with Crippen LogP contribution < -0.4 is 21.3 Å². The molecule has 0 aromatic carbocycles. The first kappa shape index (κ1) is 96.0. The Balaban J connectivity index is 0.000000617. The second-order valence-corrected chi connectivity index (χ2v) is 27.7. The third kappa shape index (κ3) is 53.7. The van der Waals surface area contributed by atoms with Crippen molar-refractivity contribution in [2.45, 2.75) is 214 Å². The van der Waals surface area contributed by atoms with Gasteiger partial charge in [0.05, 0.1) is 43.6 Å². The summed E-state index contributed by atoms with van der Waals surface area (Å²) in [6, 6.07) is 0.518. The number of nitrogens with one attached hydrogen (secondary N) is 4. The lowest BCUT2D eigenvalue weighted by Gasteiger charge is -2.34. The summed E-state index contributed by atoms with van der Waals surface area (Å²) in [5.41, 5.74) is 7.85. The van der Waals surface area contributed by atoms with Crippen LogP contribution in [0.5, 0.6) is 0 Å². The van der Waals surface area contributed by atoms with Crippen LogP contribution in [0.15, 0.2) is 23.6 Å². The fraction of sp³-hybridized carbons (Fsp3) is 0.679. The summed E-state index contributed by atoms with van der Waals surface area (Å²) in [5.74, 6) is 52.5. The number of amides is 4. The molecule has 4 aliphatic heterocycles. The number of thioether (sulfide) groups is 1. The maximum atomic E-state index is 11.7. The molecule has 1 saturated carbocycles. The molecule has 25 nitrogen and oxygen atoms in total. The number of aryl methyl sites for hydroxylation is 3. The predicted molar refractivity (Wildman–Crippen MR) is 423 cm³/mol. The van der Waals surface area contributed by atoms with Crippen molar-refractivity contribution in [2.75, 3.05) is 103 Å². The van der Waals surface area contributed by atoms with Crippen LogP contribution in [-0.2, 0) is 42.0 Å². The van der Waals surface area contributed by atoms with Gasteiger partial charge in [0.1, 0.15) is 0 Å². The second-order valence-electron chi connectivity index (χ2n) is 24.5. The van der Waals surface area contributed by atoms with Crippen molar-refractivity contribution >= 4 is 51.3 Å². The minimum absolute atomic E-state index is 0.0372. The Bertz CT molecular complexity index is 3490. The van der Waals surface area contributed by atoms with E-state index >= 15 is 0 Å². The molecule has 0 spiro atoms. The van der Waals surface area contributed by atoms with Gasteiger partial charge in [0.25, 0.3) is 10.1 Å². The molecule has 0 radical (unpaired) electrons. The monoisotopic (exact) mass is 1520 g/mol. The number of aromatic nitrogens is 8. The van der Waals surface area contributed by atoms with Crippen molar-refractivity contribution in [1.29, 1.82) is 0 Å². The summed E-state index contributed by atoms with van der Waals surface area (Å²) in [7, 11) is -3.83. The molecule has 6 atom stereocenters. The van der Waals surface area contributed by atoms with Gasteiger partial charge >= 0.3 is 6.03 Å². The SMILES string of the molecule is CC#CC1COC1.CC#CCCCN=[N+]=[N-].CC#CCCN1CCN(CCS(=O)(=O)O)CC1.CC#CCCNC(=O)CC1CC2C=CC1C2.CC#CCCNC(=O)CCCCC1SCC2NC(=O)NC21.CC#CCCOCCCCCCCl.CC#CCCc1nnc(C)nn1.CC#CCCc1nncnn1. The van der Waals surface area contributed by atoms with Crippen LogP contribution in [0.2, 0.25) is 0 Å². The van der Waals surface area contributed by atoms with E-state index in [1.807, 2.05) is 53.3 Å². The molecule has 106 heavy (non-hydrogen) atoms. The van der Waals surface area contributed by atoms with Crippen molar-refractivity contribution < 1.29 is 36.8 Å². The number of nitrogens with zero attached hydrogens (tertiary/aromatic N) is 13. The Labute approximate surface area is 643 Å². The number of carbonyl (C=O) groups excluding carboxylic acids is 3. The molecule has 2 aromatic rings. The summed E-state index contributed by atoms with van der Waals surface area (Å²) in [5, 5.41) is 45.6. The summed E-state index contributed by atoms with van der Waals surface area (Å²) in [6.45, 7) is 26.6. The Kier molecular flexibility index (Phi) is 60.2. The summed E-state index contributed by atoms with van der Waals surface area (Å²) in [6.07, 6.45) is 25.3. The van der Waals surface area contributed by atoms with Gasteiger partial charge in [0, 0.05) is 158 Å². The molecule has 2 bridgehead atoms. The lowest BCUT2D eigenvalue weighted by atomic mass is 9.90. The summed E-state index contributed by atoms with van der Waals surface area (Å²) < 4.78 is 40.2. The molecular formula is C78H116ClN17O8S2. The maximum Gasteiger partial charge on any atom is 0.315 e. The van der Waals surface area contributed by atoms with E-state index in [1.54, 1.807) is 20.8 Å². The van der Waals surface area contributed by atoms with E-state index in [0.717, 1.165) is 173 Å². The quantitative estimate of drug-likeness (QED) is 0.00539. The lowest BCUT2D eigenvalue weighted by molar-refractivity contribution is -0.122. The van der Waals surface area contributed by atoms with Gasteiger partial charge in [-0.3, -0.25) is 23.9 Å². The predicted octanol–water partition coefficient (Wildman–Crippen LogP) is 9.99. The highest BCUT2D eigenvalue weighted by Crippen LogP contribution is 2.44. The van der Waals surface area contributed by atoms with Crippen molar-refractivity contribution in [3.63, 3.8) is 0 Å². The van der Waals surface area contributed by atoms with Crippen LogP contribution in [0.4, 0.5) is 4.79 Å². The molecule has 5 N–H and O–H groups in total. The molecule has 4 saturated heterocycles. The molecule has 6 heterocycles. The van der Waals surface area contributed by atoms with E-state index in [2.05, 4.69) is 189 Å². The average molecular weight is 1520 g/mol. The third-order valence-electron chi connectivity index (χ3n) is 16.2. The Morgan fingerprint density at radius 1 is 0.689 bits per heavy atom. The van der Waals surface area contributed by atoms with E-state index < -0.39 is 10.1 Å². The average Bonchev–Trinajstić information content (AvgIpc) is 1.68. The van der Waals surface area contributed by atoms with Crippen LogP contribution in [0, 0.1) is 125 Å². The number of fused-ring (bicyclic) bond motifs is 3. The number of hydrogen-bond acceptors (Lipinski definition) is 19. The highest BCUT2D eigenvalue weighted by molar-refractivity contribution is 8.00. The number of allylic oxidation sites excluding steroid dienone is 2. The normalized spacial score (nSPS) is 17.6. The van der Waals surface area contributed by atoms with E-state index in [9.17, 15) is 22.8 Å². The number of urea groups is 1. The first-order valence-corrected chi connectivity index (χ1v) is 40.0. The van der Waals surface area contributed by atoms with Gasteiger partial charge in [-0.05, 0) is 131 Å². The Hall–Kier alpha value is -7.99. The number of azide groups is 1. The topological polar surface area (TPSA) is 331 Å². The van der Waals surface area contributed by atoms with Gasteiger partial charge in [-0.15, -0.1) is 141 Å². The van der Waals surface area contributed by atoms with E-state index in [4.69, 9.17) is 31.2 Å². The molecule has 6 aliphatic rings. The first-order chi connectivity index (χ1) is 51.5. The van der Waals surface area contributed by atoms with Gasteiger partial charge in [0.15, 0.2) is 23.8 Å². The van der Waals surface area contributed by atoms with Gasteiger partial charge in [-0.1, -0.05) is 42.4 Å². The maximum absolute atomic E-state index is 11.7.